The molecule has 0 unspecified atom stereocenters. The van der Waals surface area contributed by atoms with E-state index in [0.717, 1.165) is 30.7 Å². The van der Waals surface area contributed by atoms with Crippen LogP contribution in [0.1, 0.15) is 9.75 Å². The minimum atomic E-state index is 0.838. The molecule has 4 nitrogen and oxygen atoms in total. The molecule has 0 spiro atoms. The lowest BCUT2D eigenvalue weighted by atomic mass is 10.3. The highest BCUT2D eigenvalue weighted by Crippen LogP contribution is 2.14. The zero-order valence-electron chi connectivity index (χ0n) is 10.8. The first-order valence-electron chi connectivity index (χ1n) is 6.37. The van der Waals surface area contributed by atoms with Gasteiger partial charge in [0, 0.05) is 22.8 Å². The summed E-state index contributed by atoms with van der Waals surface area (Å²) in [5, 5.41) is 11.8. The van der Waals surface area contributed by atoms with Gasteiger partial charge in [-0.25, -0.2) is 4.68 Å². The molecule has 0 bridgehead atoms. The van der Waals surface area contributed by atoms with Gasteiger partial charge in [0.25, 0.3) is 0 Å². The average Bonchev–Trinajstić information content (AvgIpc) is 3.02. The molecule has 0 aliphatic rings. The van der Waals surface area contributed by atoms with Gasteiger partial charge in [0.2, 0.25) is 0 Å². The first-order valence-corrected chi connectivity index (χ1v) is 7.19. The Morgan fingerprint density at radius 2 is 2.11 bits per heavy atom. The highest BCUT2D eigenvalue weighted by atomic mass is 32.1. The summed E-state index contributed by atoms with van der Waals surface area (Å²) in [5.74, 6) is 0. The number of fused-ring (bicyclic) bond motifs is 1. The van der Waals surface area contributed by atoms with Crippen LogP contribution in [0.2, 0.25) is 0 Å². The lowest BCUT2D eigenvalue weighted by molar-refractivity contribution is 0.554. The fourth-order valence-electron chi connectivity index (χ4n) is 2.06. The van der Waals surface area contributed by atoms with Gasteiger partial charge >= 0.3 is 0 Å². The van der Waals surface area contributed by atoms with Crippen molar-refractivity contribution in [2.75, 3.05) is 6.54 Å². The molecule has 2 aromatic heterocycles. The topological polar surface area (TPSA) is 42.7 Å². The molecule has 0 fully saturated rings. The van der Waals surface area contributed by atoms with Crippen LogP contribution in [0.15, 0.2) is 36.4 Å². The van der Waals surface area contributed by atoms with E-state index in [4.69, 9.17) is 0 Å². The van der Waals surface area contributed by atoms with Gasteiger partial charge in [-0.1, -0.05) is 17.3 Å². The van der Waals surface area contributed by atoms with Gasteiger partial charge in [-0.05, 0) is 31.2 Å². The van der Waals surface area contributed by atoms with E-state index < -0.39 is 0 Å². The van der Waals surface area contributed by atoms with Crippen molar-refractivity contribution in [1.82, 2.24) is 20.3 Å². The zero-order chi connectivity index (χ0) is 13.1. The Balaban J connectivity index is 1.55. The second-order valence-electron chi connectivity index (χ2n) is 4.49. The molecule has 0 saturated heterocycles. The molecule has 98 valence electrons. The molecular weight excluding hydrogens is 256 g/mol. The molecular formula is C14H16N4S. The Bertz CT molecular complexity index is 671. The highest BCUT2D eigenvalue weighted by Gasteiger charge is 2.02. The number of para-hydroxylation sites is 1. The summed E-state index contributed by atoms with van der Waals surface area (Å²) in [6, 6.07) is 12.4. The van der Waals surface area contributed by atoms with Crippen molar-refractivity contribution in [2.24, 2.45) is 0 Å². The van der Waals surface area contributed by atoms with E-state index in [9.17, 15) is 0 Å². The number of nitrogens with one attached hydrogen (secondary N) is 1. The van der Waals surface area contributed by atoms with E-state index in [2.05, 4.69) is 40.8 Å². The van der Waals surface area contributed by atoms with Gasteiger partial charge in [-0.15, -0.1) is 16.4 Å². The molecule has 0 aliphatic heterocycles. The fraction of sp³-hybridized carbons (Fsp3) is 0.286. The van der Waals surface area contributed by atoms with Crippen molar-refractivity contribution in [3.05, 3.63) is 46.2 Å². The maximum atomic E-state index is 4.17. The monoisotopic (exact) mass is 272 g/mol. The maximum Gasteiger partial charge on any atom is 0.113 e. The van der Waals surface area contributed by atoms with E-state index in [1.807, 2.05) is 34.2 Å². The van der Waals surface area contributed by atoms with Gasteiger partial charge in [0.05, 0.1) is 12.1 Å². The van der Waals surface area contributed by atoms with Crippen molar-refractivity contribution in [3.63, 3.8) is 0 Å². The minimum Gasteiger partial charge on any atom is -0.310 e. The van der Waals surface area contributed by atoms with E-state index >= 15 is 0 Å². The number of aryl methyl sites for hydroxylation is 1. The standard InChI is InChI=1S/C14H16N4S/c1-11-6-7-12(19-11)10-15-8-9-18-14-5-3-2-4-13(14)16-17-18/h2-7,15H,8-10H2,1H3. The van der Waals surface area contributed by atoms with Gasteiger partial charge in [-0.3, -0.25) is 0 Å². The van der Waals surface area contributed by atoms with Crippen LogP contribution >= 0.6 is 11.3 Å². The Hall–Kier alpha value is -1.72. The number of benzene rings is 1. The summed E-state index contributed by atoms with van der Waals surface area (Å²) < 4.78 is 1.95. The smallest absolute Gasteiger partial charge is 0.113 e. The predicted octanol–water partition coefficient (Wildman–Crippen LogP) is 2.59. The largest absolute Gasteiger partial charge is 0.310 e. The second-order valence-corrected chi connectivity index (χ2v) is 5.86. The van der Waals surface area contributed by atoms with Gasteiger partial charge in [0.15, 0.2) is 0 Å². The quantitative estimate of drug-likeness (QED) is 0.726. The predicted molar refractivity (Wildman–Crippen MR) is 78.3 cm³/mol. The first-order chi connectivity index (χ1) is 9.33. The van der Waals surface area contributed by atoms with Crippen molar-refractivity contribution >= 4 is 22.4 Å². The van der Waals surface area contributed by atoms with Crippen molar-refractivity contribution in [3.8, 4) is 0 Å². The van der Waals surface area contributed by atoms with Crippen molar-refractivity contribution in [2.45, 2.75) is 20.0 Å². The molecule has 0 saturated carbocycles. The molecule has 19 heavy (non-hydrogen) atoms. The van der Waals surface area contributed by atoms with E-state index in [0.29, 0.717) is 0 Å². The summed E-state index contributed by atoms with van der Waals surface area (Å²) in [4.78, 5) is 2.74. The van der Waals surface area contributed by atoms with Crippen LogP contribution in [0.4, 0.5) is 0 Å². The lowest BCUT2D eigenvalue weighted by Crippen LogP contribution is -2.19. The first kappa shape index (κ1) is 12.3. The van der Waals surface area contributed by atoms with E-state index in [1.54, 1.807) is 0 Å². The summed E-state index contributed by atoms with van der Waals surface area (Å²) in [5.41, 5.74) is 2.05. The fourth-order valence-corrected chi connectivity index (χ4v) is 2.92. The summed E-state index contributed by atoms with van der Waals surface area (Å²) in [6.45, 7) is 4.79. The lowest BCUT2D eigenvalue weighted by Gasteiger charge is -2.04. The Kier molecular flexibility index (Phi) is 3.57. The number of rotatable bonds is 5. The van der Waals surface area contributed by atoms with Crippen LogP contribution < -0.4 is 5.32 Å². The number of aromatic nitrogens is 3. The van der Waals surface area contributed by atoms with E-state index in [1.165, 1.54) is 9.75 Å². The second kappa shape index (κ2) is 5.50. The third-order valence-electron chi connectivity index (χ3n) is 3.02. The SMILES string of the molecule is Cc1ccc(CNCCn2nnc3ccccc32)s1. The summed E-state index contributed by atoms with van der Waals surface area (Å²) in [6.07, 6.45) is 0. The average molecular weight is 272 g/mol. The van der Waals surface area contributed by atoms with E-state index in [-0.39, 0.29) is 0 Å². The summed E-state index contributed by atoms with van der Waals surface area (Å²) >= 11 is 1.84. The molecule has 1 N–H and O–H groups in total. The van der Waals surface area contributed by atoms with Gasteiger partial charge < -0.3 is 5.32 Å². The molecule has 0 atom stereocenters. The van der Waals surface area contributed by atoms with Gasteiger partial charge in [0.1, 0.15) is 5.52 Å². The Labute approximate surface area is 116 Å². The third kappa shape index (κ3) is 2.83. The number of hydrogen-bond donors (Lipinski definition) is 1. The molecule has 1 aromatic carbocycles. The van der Waals surface area contributed by atoms with Crippen molar-refractivity contribution in [1.29, 1.82) is 0 Å². The highest BCUT2D eigenvalue weighted by molar-refractivity contribution is 7.11. The molecule has 0 amide bonds. The number of thiophene rings is 1. The Morgan fingerprint density at radius 1 is 1.21 bits per heavy atom. The third-order valence-corrected chi connectivity index (χ3v) is 4.02. The molecule has 0 radical (unpaired) electrons. The van der Waals surface area contributed by atoms with Crippen LogP contribution in [0.3, 0.4) is 0 Å². The van der Waals surface area contributed by atoms with Crippen LogP contribution in [0.5, 0.6) is 0 Å². The summed E-state index contributed by atoms with van der Waals surface area (Å²) in [7, 11) is 0. The molecule has 3 rings (SSSR count). The number of nitrogens with zero attached hydrogens (tertiary/aromatic N) is 3. The van der Waals surface area contributed by atoms with Crippen LogP contribution in [-0.4, -0.2) is 21.5 Å². The molecule has 5 heteroatoms. The molecule has 0 aliphatic carbocycles. The molecule has 3 aromatic rings. The van der Waals surface area contributed by atoms with Gasteiger partial charge in [-0.2, -0.15) is 0 Å². The minimum absolute atomic E-state index is 0.838. The maximum absolute atomic E-state index is 4.17. The van der Waals surface area contributed by atoms with Crippen LogP contribution in [0.25, 0.3) is 11.0 Å². The normalized spacial score (nSPS) is 11.2. The van der Waals surface area contributed by atoms with Crippen LogP contribution in [-0.2, 0) is 13.1 Å². The van der Waals surface area contributed by atoms with Crippen molar-refractivity contribution < 1.29 is 0 Å². The van der Waals surface area contributed by atoms with Crippen LogP contribution in [0, 0.1) is 6.92 Å². The Morgan fingerprint density at radius 3 is 2.95 bits per heavy atom. The zero-order valence-corrected chi connectivity index (χ0v) is 11.7. The number of hydrogen-bond acceptors (Lipinski definition) is 4. The molecule has 2 heterocycles.